The number of aromatic amines is 1. The van der Waals surface area contributed by atoms with Gasteiger partial charge >= 0.3 is 0 Å². The van der Waals surface area contributed by atoms with Crippen molar-refractivity contribution >= 4 is 24.9 Å². The Hall–Kier alpha value is -3.40. The first kappa shape index (κ1) is 28.1. The minimum absolute atomic E-state index is 0.239. The highest BCUT2D eigenvalue weighted by Gasteiger charge is 2.44. The number of carbonyl (C=O) groups excluding carboxylic acids is 1. The lowest BCUT2D eigenvalue weighted by atomic mass is 9.80. The lowest BCUT2D eigenvalue weighted by molar-refractivity contribution is -0.133. The minimum Gasteiger partial charge on any atom is -0.371 e. The maximum absolute atomic E-state index is 15.0. The predicted molar refractivity (Wildman–Crippen MR) is 155 cm³/mol. The lowest BCUT2D eigenvalue weighted by Gasteiger charge is -2.45. The first-order valence-electron chi connectivity index (χ1n) is 14.3. The van der Waals surface area contributed by atoms with Crippen molar-refractivity contribution in [2.75, 3.05) is 19.6 Å². The van der Waals surface area contributed by atoms with Gasteiger partial charge in [0, 0.05) is 42.6 Å². The fourth-order valence-electron chi connectivity index (χ4n) is 5.90. The number of amides is 1. The first-order chi connectivity index (χ1) is 19.1. The second-order valence-corrected chi connectivity index (χ2v) is 16.8. The molecule has 0 radical (unpaired) electrons. The molecule has 210 valence electrons. The average molecular weight is 562 g/mol. The number of fused-ring (bicyclic) bond motifs is 3. The van der Waals surface area contributed by atoms with Gasteiger partial charge in [-0.25, -0.2) is 8.78 Å². The summed E-state index contributed by atoms with van der Waals surface area (Å²) in [4.78, 5) is 21.2. The highest BCUT2D eigenvalue weighted by Crippen LogP contribution is 2.45. The SMILES string of the molecule is CCCCN[C@H]1Cc2c([nH]c3c(F)cc(F)cc23)[C@H](C2C=CC(N3CCC3)=C(C#N)C2)N1C(=O)C#C[Si](C)(C)C. The summed E-state index contributed by atoms with van der Waals surface area (Å²) in [6, 6.07) is 4.13. The second kappa shape index (κ2) is 11.2. The van der Waals surface area contributed by atoms with Crippen LogP contribution in [0.4, 0.5) is 8.78 Å². The number of hydrogen-bond acceptors (Lipinski definition) is 4. The molecule has 9 heteroatoms. The van der Waals surface area contributed by atoms with Crippen molar-refractivity contribution in [2.45, 2.75) is 70.9 Å². The number of nitrogens with one attached hydrogen (secondary N) is 2. The van der Waals surface area contributed by atoms with Gasteiger partial charge in [-0.1, -0.05) is 39.1 Å². The number of unbranched alkanes of at least 4 members (excludes halogenated alkanes) is 1. The van der Waals surface area contributed by atoms with E-state index in [1.165, 1.54) is 6.07 Å². The number of likely N-dealkylation sites (tertiary alicyclic amines) is 1. The predicted octanol–water partition coefficient (Wildman–Crippen LogP) is 5.53. The highest BCUT2D eigenvalue weighted by molar-refractivity contribution is 6.84. The van der Waals surface area contributed by atoms with Crippen molar-refractivity contribution in [2.24, 2.45) is 5.92 Å². The monoisotopic (exact) mass is 561 g/mol. The largest absolute Gasteiger partial charge is 0.371 e. The molecule has 3 heterocycles. The number of allylic oxidation sites excluding steroid dienone is 2. The van der Waals surface area contributed by atoms with Crippen molar-refractivity contribution in [3.8, 4) is 17.5 Å². The van der Waals surface area contributed by atoms with Crippen LogP contribution in [0.25, 0.3) is 10.9 Å². The standard InChI is InChI=1S/C31H37F2N5OSi/c1-5-6-11-35-27-18-24-23-16-22(32)17-25(33)29(23)36-30(24)31(38(27)28(39)10-14-40(2,3)4)20-8-9-26(21(15-20)19-34)37-12-7-13-37/h8-9,16-17,20,27,31,35-36H,5-7,11-13,15,18H2,1-4H3/t20?,27-,31+/m1/s1. The van der Waals surface area contributed by atoms with Crippen LogP contribution in [0.5, 0.6) is 0 Å². The molecule has 0 saturated carbocycles. The van der Waals surface area contributed by atoms with Gasteiger partial charge in [-0.2, -0.15) is 5.26 Å². The third-order valence-electron chi connectivity index (χ3n) is 7.97. The van der Waals surface area contributed by atoms with Gasteiger partial charge in [-0.15, -0.1) is 5.54 Å². The second-order valence-electron chi connectivity index (χ2n) is 12.1. The van der Waals surface area contributed by atoms with E-state index in [1.54, 1.807) is 4.90 Å². The van der Waals surface area contributed by atoms with Crippen molar-refractivity contribution < 1.29 is 13.6 Å². The number of carbonyl (C=O) groups is 1. The van der Waals surface area contributed by atoms with Crippen LogP contribution in [-0.2, 0) is 11.2 Å². The summed E-state index contributed by atoms with van der Waals surface area (Å²) in [5.41, 5.74) is 6.58. The molecule has 2 aromatic rings. The summed E-state index contributed by atoms with van der Waals surface area (Å²) in [5, 5.41) is 14.1. The molecule has 1 unspecified atom stereocenters. The third kappa shape index (κ3) is 5.46. The number of nitrogens with zero attached hydrogens (tertiary/aromatic N) is 3. The normalized spacial score (nSPS) is 22.5. The van der Waals surface area contributed by atoms with Crippen LogP contribution in [0.2, 0.25) is 19.6 Å². The van der Waals surface area contributed by atoms with Crippen molar-refractivity contribution in [1.29, 1.82) is 5.26 Å². The average Bonchev–Trinajstić information content (AvgIpc) is 3.24. The molecule has 2 aliphatic heterocycles. The molecule has 40 heavy (non-hydrogen) atoms. The van der Waals surface area contributed by atoms with Crippen molar-refractivity contribution in [1.82, 2.24) is 20.1 Å². The number of rotatable bonds is 6. The molecule has 1 aliphatic carbocycles. The van der Waals surface area contributed by atoms with Crippen molar-refractivity contribution in [3.63, 3.8) is 0 Å². The van der Waals surface area contributed by atoms with E-state index in [-0.39, 0.29) is 17.3 Å². The minimum atomic E-state index is -1.84. The molecule has 1 saturated heterocycles. The van der Waals surface area contributed by atoms with Gasteiger partial charge in [0.2, 0.25) is 0 Å². The molecule has 6 nitrogen and oxygen atoms in total. The highest BCUT2D eigenvalue weighted by atomic mass is 28.3. The Labute approximate surface area is 236 Å². The van der Waals surface area contributed by atoms with Crippen LogP contribution in [0.15, 0.2) is 35.6 Å². The zero-order valence-electron chi connectivity index (χ0n) is 23.7. The third-order valence-corrected chi connectivity index (χ3v) is 8.85. The molecule has 0 spiro atoms. The maximum Gasteiger partial charge on any atom is 0.299 e. The molecular formula is C31H37F2N5OSi. The Morgan fingerprint density at radius 1 is 1.23 bits per heavy atom. The Morgan fingerprint density at radius 3 is 2.65 bits per heavy atom. The summed E-state index contributed by atoms with van der Waals surface area (Å²) >= 11 is 0. The van der Waals surface area contributed by atoms with E-state index < -0.39 is 31.9 Å². The van der Waals surface area contributed by atoms with Gasteiger partial charge in [0.25, 0.3) is 5.91 Å². The van der Waals surface area contributed by atoms with Crippen LogP contribution in [-0.4, -0.2) is 54.6 Å². The first-order valence-corrected chi connectivity index (χ1v) is 17.8. The lowest BCUT2D eigenvalue weighted by Crippen LogP contribution is -2.55. The maximum atomic E-state index is 15.0. The molecule has 1 amide bonds. The van der Waals surface area contributed by atoms with Gasteiger partial charge in [0.05, 0.1) is 35.1 Å². The van der Waals surface area contributed by atoms with E-state index in [0.29, 0.717) is 36.0 Å². The van der Waals surface area contributed by atoms with E-state index in [2.05, 4.69) is 65.4 Å². The van der Waals surface area contributed by atoms with Crippen LogP contribution in [0, 0.1) is 40.3 Å². The van der Waals surface area contributed by atoms with Crippen molar-refractivity contribution in [3.05, 3.63) is 58.4 Å². The zero-order valence-corrected chi connectivity index (χ0v) is 24.7. The quantitative estimate of drug-likeness (QED) is 0.276. The topological polar surface area (TPSA) is 75.2 Å². The summed E-state index contributed by atoms with van der Waals surface area (Å²) in [6.07, 6.45) is 7.53. The summed E-state index contributed by atoms with van der Waals surface area (Å²) < 4.78 is 29.4. The van der Waals surface area contributed by atoms with Crippen LogP contribution >= 0.6 is 0 Å². The van der Waals surface area contributed by atoms with Gasteiger partial charge in [-0.05, 0) is 49.4 Å². The zero-order chi connectivity index (χ0) is 28.6. The summed E-state index contributed by atoms with van der Waals surface area (Å²) in [7, 11) is -1.84. The van der Waals surface area contributed by atoms with E-state index in [1.807, 2.05) is 6.08 Å². The molecule has 3 aliphatic rings. The van der Waals surface area contributed by atoms with Gasteiger partial charge in [0.1, 0.15) is 19.7 Å². The van der Waals surface area contributed by atoms with Gasteiger partial charge in [-0.3, -0.25) is 10.1 Å². The number of nitriles is 1. The Morgan fingerprint density at radius 2 is 2.00 bits per heavy atom. The smallest absolute Gasteiger partial charge is 0.299 e. The van der Waals surface area contributed by atoms with Crippen LogP contribution in [0.3, 0.4) is 0 Å². The van der Waals surface area contributed by atoms with E-state index in [4.69, 9.17) is 0 Å². The van der Waals surface area contributed by atoms with Gasteiger partial charge in [0.15, 0.2) is 0 Å². The van der Waals surface area contributed by atoms with E-state index in [0.717, 1.165) is 49.7 Å². The molecular weight excluding hydrogens is 524 g/mol. The van der Waals surface area contributed by atoms with Gasteiger partial charge < -0.3 is 14.8 Å². The number of H-pyrrole nitrogens is 1. The van der Waals surface area contributed by atoms with E-state index >= 15 is 4.39 Å². The molecule has 1 fully saturated rings. The Balaban J connectivity index is 1.65. The molecule has 2 N–H and O–H groups in total. The molecule has 0 bridgehead atoms. The number of aromatic nitrogens is 1. The Bertz CT molecular complexity index is 1480. The molecule has 1 aromatic heterocycles. The number of benzene rings is 1. The number of halogens is 2. The molecule has 5 rings (SSSR count). The molecule has 1 aromatic carbocycles. The fraction of sp³-hybridized carbons (Fsp3) is 0.484. The Kier molecular flexibility index (Phi) is 7.90. The van der Waals surface area contributed by atoms with Crippen LogP contribution in [0.1, 0.15) is 49.9 Å². The summed E-state index contributed by atoms with van der Waals surface area (Å²) in [6.45, 7) is 10.9. The number of hydrogen-bond donors (Lipinski definition) is 2. The van der Waals surface area contributed by atoms with E-state index in [9.17, 15) is 14.4 Å². The molecule has 3 atom stereocenters. The summed E-state index contributed by atoms with van der Waals surface area (Å²) in [5.74, 6) is 1.11. The fourth-order valence-corrected chi connectivity index (χ4v) is 6.38. The van der Waals surface area contributed by atoms with Crippen LogP contribution < -0.4 is 5.32 Å².